The Morgan fingerprint density at radius 3 is 2.70 bits per heavy atom. The predicted octanol–water partition coefficient (Wildman–Crippen LogP) is 3.01. The van der Waals surface area contributed by atoms with Gasteiger partial charge in [-0.3, -0.25) is 9.69 Å². The van der Waals surface area contributed by atoms with E-state index in [0.29, 0.717) is 11.8 Å². The van der Waals surface area contributed by atoms with E-state index in [1.165, 1.54) is 32.1 Å². The first kappa shape index (κ1) is 16.0. The second-order valence-corrected chi connectivity index (χ2v) is 6.75. The molecule has 0 radical (unpaired) electrons. The largest absolute Gasteiger partial charge is 0.396 e. The van der Waals surface area contributed by atoms with Crippen LogP contribution in [0.1, 0.15) is 64.7 Å². The number of aliphatic hydroxyl groups is 1. The maximum absolute atomic E-state index is 12.2. The Morgan fingerprint density at radius 2 is 2.10 bits per heavy atom. The van der Waals surface area contributed by atoms with Crippen LogP contribution in [0.25, 0.3) is 0 Å². The van der Waals surface area contributed by atoms with E-state index in [4.69, 9.17) is 5.11 Å². The third-order valence-corrected chi connectivity index (χ3v) is 5.22. The van der Waals surface area contributed by atoms with Crippen LogP contribution in [-0.4, -0.2) is 41.5 Å². The summed E-state index contributed by atoms with van der Waals surface area (Å²) >= 11 is 0. The molecule has 0 heterocycles. The smallest absolute Gasteiger partial charge is 0.137 e. The molecule has 0 aromatic carbocycles. The molecule has 116 valence electrons. The van der Waals surface area contributed by atoms with Crippen LogP contribution in [0.3, 0.4) is 0 Å². The highest BCUT2D eigenvalue weighted by molar-refractivity contribution is 5.82. The van der Waals surface area contributed by atoms with Gasteiger partial charge in [-0.1, -0.05) is 26.2 Å². The zero-order chi connectivity index (χ0) is 14.4. The fourth-order valence-electron chi connectivity index (χ4n) is 3.78. The number of nitrogens with zero attached hydrogens (tertiary/aromatic N) is 1. The number of Topliss-reactive ketones (excluding diaryl/α,β-unsaturated/α-hetero) is 1. The maximum Gasteiger partial charge on any atom is 0.137 e. The van der Waals surface area contributed by atoms with Crippen LogP contribution < -0.4 is 0 Å². The van der Waals surface area contributed by atoms with Crippen LogP contribution in [0.2, 0.25) is 0 Å². The average Bonchev–Trinajstić information content (AvgIpc) is 2.38. The van der Waals surface area contributed by atoms with E-state index in [0.717, 1.165) is 44.7 Å². The summed E-state index contributed by atoms with van der Waals surface area (Å²) in [5.74, 6) is 1.52. The molecule has 0 aromatic rings. The topological polar surface area (TPSA) is 40.5 Å². The highest BCUT2D eigenvalue weighted by Crippen LogP contribution is 2.32. The van der Waals surface area contributed by atoms with Crippen LogP contribution in [0, 0.1) is 11.8 Å². The van der Waals surface area contributed by atoms with Crippen molar-refractivity contribution in [3.05, 3.63) is 0 Å². The quantitative estimate of drug-likeness (QED) is 0.743. The van der Waals surface area contributed by atoms with E-state index in [1.54, 1.807) is 0 Å². The van der Waals surface area contributed by atoms with Crippen molar-refractivity contribution in [1.29, 1.82) is 0 Å². The summed E-state index contributed by atoms with van der Waals surface area (Å²) in [6.45, 7) is 4.42. The van der Waals surface area contributed by atoms with Gasteiger partial charge in [0.2, 0.25) is 0 Å². The van der Waals surface area contributed by atoms with E-state index in [9.17, 15) is 4.79 Å². The minimum atomic E-state index is 0.264. The summed E-state index contributed by atoms with van der Waals surface area (Å²) in [7, 11) is 0. The van der Waals surface area contributed by atoms with Crippen molar-refractivity contribution in [3.8, 4) is 0 Å². The first-order valence-electron chi connectivity index (χ1n) is 8.62. The number of rotatable bonds is 8. The minimum absolute atomic E-state index is 0.264. The number of carbonyl (C=O) groups is 1. The second-order valence-electron chi connectivity index (χ2n) is 6.75. The molecule has 2 unspecified atom stereocenters. The highest BCUT2D eigenvalue weighted by Gasteiger charge is 2.32. The number of aliphatic hydroxyl groups excluding tert-OH is 1. The Labute approximate surface area is 123 Å². The van der Waals surface area contributed by atoms with Gasteiger partial charge in [0.25, 0.3) is 0 Å². The zero-order valence-corrected chi connectivity index (χ0v) is 13.0. The molecule has 3 heteroatoms. The average molecular weight is 281 g/mol. The third-order valence-electron chi connectivity index (χ3n) is 5.22. The lowest BCUT2D eigenvalue weighted by Crippen LogP contribution is -2.46. The predicted molar refractivity (Wildman–Crippen MR) is 81.7 cm³/mol. The van der Waals surface area contributed by atoms with Gasteiger partial charge in [-0.2, -0.15) is 0 Å². The highest BCUT2D eigenvalue weighted by atomic mass is 16.3. The Hall–Kier alpha value is -0.410. The first-order valence-corrected chi connectivity index (χ1v) is 8.62. The Morgan fingerprint density at radius 1 is 1.30 bits per heavy atom. The van der Waals surface area contributed by atoms with Gasteiger partial charge in [0.15, 0.2) is 0 Å². The molecule has 2 rings (SSSR count). The monoisotopic (exact) mass is 281 g/mol. The van der Waals surface area contributed by atoms with Gasteiger partial charge < -0.3 is 5.11 Å². The summed E-state index contributed by atoms with van der Waals surface area (Å²) in [6, 6.07) is 0.681. The van der Waals surface area contributed by atoms with Crippen LogP contribution in [0.15, 0.2) is 0 Å². The van der Waals surface area contributed by atoms with Crippen molar-refractivity contribution < 1.29 is 9.90 Å². The summed E-state index contributed by atoms with van der Waals surface area (Å²) < 4.78 is 0. The Kier molecular flexibility index (Phi) is 6.50. The maximum atomic E-state index is 12.2. The molecule has 0 spiro atoms. The molecule has 1 N–H and O–H groups in total. The lowest BCUT2D eigenvalue weighted by atomic mass is 9.78. The van der Waals surface area contributed by atoms with Crippen LogP contribution in [-0.2, 0) is 4.79 Å². The van der Waals surface area contributed by atoms with Gasteiger partial charge in [-0.15, -0.1) is 0 Å². The summed E-state index contributed by atoms with van der Waals surface area (Å²) in [5, 5.41) is 9.06. The van der Waals surface area contributed by atoms with Crippen molar-refractivity contribution in [3.63, 3.8) is 0 Å². The van der Waals surface area contributed by atoms with E-state index in [-0.39, 0.29) is 12.5 Å². The molecule has 2 aliphatic rings. The molecule has 2 aliphatic carbocycles. The molecule has 3 nitrogen and oxygen atoms in total. The lowest BCUT2D eigenvalue weighted by molar-refractivity contribution is -0.126. The normalized spacial score (nSPS) is 27.9. The van der Waals surface area contributed by atoms with Crippen LogP contribution in [0.5, 0.6) is 0 Å². The van der Waals surface area contributed by atoms with E-state index < -0.39 is 0 Å². The Balaban J connectivity index is 1.87. The molecule has 2 fully saturated rings. The molecule has 0 bridgehead atoms. The molecular weight excluding hydrogens is 250 g/mol. The van der Waals surface area contributed by atoms with Gasteiger partial charge in [0.1, 0.15) is 5.78 Å². The number of hydrogen-bond acceptors (Lipinski definition) is 3. The van der Waals surface area contributed by atoms with Gasteiger partial charge in [0.05, 0.1) is 0 Å². The van der Waals surface area contributed by atoms with Crippen molar-refractivity contribution in [1.82, 2.24) is 4.90 Å². The van der Waals surface area contributed by atoms with Crippen LogP contribution in [0.4, 0.5) is 0 Å². The SMILES string of the molecule is CCCC1CCC(=O)C(CN(CCCO)C2CCC2)C1. The molecule has 0 amide bonds. The number of carbonyl (C=O) groups excluding carboxylic acids is 1. The standard InChI is InChI=1S/C17H31NO2/c1-2-5-14-8-9-17(20)15(12-14)13-18(10-4-11-19)16-6-3-7-16/h14-16,19H,2-13H2,1H3. The van der Waals surface area contributed by atoms with Gasteiger partial charge in [0, 0.05) is 38.1 Å². The number of hydrogen-bond donors (Lipinski definition) is 1. The fourth-order valence-corrected chi connectivity index (χ4v) is 3.78. The molecular formula is C17H31NO2. The fraction of sp³-hybridized carbons (Fsp3) is 0.941. The molecule has 0 saturated heterocycles. The molecule has 0 aromatic heterocycles. The molecule has 0 aliphatic heterocycles. The van der Waals surface area contributed by atoms with Crippen molar-refractivity contribution in [2.45, 2.75) is 70.8 Å². The Bertz CT molecular complexity index is 301. The molecule has 2 atom stereocenters. The second kappa shape index (κ2) is 8.14. The lowest BCUT2D eigenvalue weighted by Gasteiger charge is -2.40. The third kappa shape index (κ3) is 4.29. The summed E-state index contributed by atoms with van der Waals surface area (Å²) in [4.78, 5) is 14.7. The van der Waals surface area contributed by atoms with Crippen LogP contribution >= 0.6 is 0 Å². The van der Waals surface area contributed by atoms with E-state index in [2.05, 4.69) is 11.8 Å². The molecule has 2 saturated carbocycles. The van der Waals surface area contributed by atoms with E-state index >= 15 is 0 Å². The van der Waals surface area contributed by atoms with Crippen molar-refractivity contribution in [2.75, 3.05) is 19.7 Å². The zero-order valence-electron chi connectivity index (χ0n) is 13.0. The summed E-state index contributed by atoms with van der Waals surface area (Å²) in [6.07, 6.45) is 10.3. The van der Waals surface area contributed by atoms with Crippen molar-refractivity contribution >= 4 is 5.78 Å². The van der Waals surface area contributed by atoms with Crippen molar-refractivity contribution in [2.24, 2.45) is 11.8 Å². The van der Waals surface area contributed by atoms with Gasteiger partial charge in [-0.25, -0.2) is 0 Å². The molecule has 20 heavy (non-hydrogen) atoms. The van der Waals surface area contributed by atoms with E-state index in [1.807, 2.05) is 0 Å². The minimum Gasteiger partial charge on any atom is -0.396 e. The number of ketones is 1. The summed E-state index contributed by atoms with van der Waals surface area (Å²) in [5.41, 5.74) is 0. The first-order chi connectivity index (χ1) is 9.74. The van der Waals surface area contributed by atoms with Gasteiger partial charge in [-0.05, 0) is 38.0 Å². The van der Waals surface area contributed by atoms with Gasteiger partial charge >= 0.3 is 0 Å².